The van der Waals surface area contributed by atoms with Crippen LogP contribution in [0.3, 0.4) is 0 Å². The summed E-state index contributed by atoms with van der Waals surface area (Å²) in [6.07, 6.45) is 0. The molecule has 1 amide bonds. The summed E-state index contributed by atoms with van der Waals surface area (Å²) >= 11 is 12.9. The van der Waals surface area contributed by atoms with Crippen LogP contribution >= 0.6 is 35.6 Å². The van der Waals surface area contributed by atoms with Crippen LogP contribution < -0.4 is 20.7 Å². The second-order valence-corrected chi connectivity index (χ2v) is 9.33. The average molecular weight is 486 g/mol. The molecule has 3 rings (SSSR count). The summed E-state index contributed by atoms with van der Waals surface area (Å²) < 4.78 is 5.29. The van der Waals surface area contributed by atoms with Crippen LogP contribution in [0.1, 0.15) is 12.5 Å². The third kappa shape index (κ3) is 6.88. The number of thiocarbonyl (C=S) groups is 1. The molecule has 0 aliphatic heterocycles. The first-order valence-electron chi connectivity index (χ1n) is 9.90. The van der Waals surface area contributed by atoms with Gasteiger partial charge in [0.25, 0.3) is 0 Å². The number of hydrogen-bond donors (Lipinski definition) is 3. The summed E-state index contributed by atoms with van der Waals surface area (Å²) in [4.78, 5) is 13.6. The Morgan fingerprint density at radius 3 is 2.44 bits per heavy atom. The summed E-state index contributed by atoms with van der Waals surface area (Å²) in [6, 6.07) is 20.9. The normalized spacial score (nSPS) is 11.4. The molecule has 5 nitrogen and oxygen atoms in total. The van der Waals surface area contributed by atoms with Gasteiger partial charge in [-0.25, -0.2) is 0 Å². The van der Waals surface area contributed by atoms with Crippen molar-refractivity contribution < 1.29 is 9.53 Å². The summed E-state index contributed by atoms with van der Waals surface area (Å²) in [7, 11) is 1.55. The van der Waals surface area contributed by atoms with E-state index < -0.39 is 0 Å². The van der Waals surface area contributed by atoms with E-state index in [2.05, 4.69) is 16.0 Å². The highest BCUT2D eigenvalue weighted by atomic mass is 35.5. The molecular weight excluding hydrogens is 462 g/mol. The maximum atomic E-state index is 12.7. The molecule has 0 heterocycles. The fraction of sp³-hybridized carbons (Fsp3) is 0.167. The van der Waals surface area contributed by atoms with Gasteiger partial charge in [-0.15, -0.1) is 11.8 Å². The van der Waals surface area contributed by atoms with E-state index in [1.165, 1.54) is 17.3 Å². The van der Waals surface area contributed by atoms with E-state index in [0.29, 0.717) is 21.6 Å². The van der Waals surface area contributed by atoms with Crippen molar-refractivity contribution in [3.63, 3.8) is 0 Å². The first-order valence-corrected chi connectivity index (χ1v) is 11.6. The van der Waals surface area contributed by atoms with E-state index in [0.717, 1.165) is 16.3 Å². The predicted octanol–water partition coefficient (Wildman–Crippen LogP) is 6.59. The SMILES string of the molecule is COc1ccc(Cl)cc1NC(=O)C(C)Sc1cccc(NC(=S)Nc2ccc(C)cc2)c1. The number of methoxy groups -OCH3 is 1. The zero-order valence-electron chi connectivity index (χ0n) is 17.9. The number of rotatable bonds is 7. The number of anilines is 3. The molecular formula is C24H24ClN3O2S2. The number of ether oxygens (including phenoxy) is 1. The van der Waals surface area contributed by atoms with Gasteiger partial charge >= 0.3 is 0 Å². The number of thioether (sulfide) groups is 1. The molecule has 0 bridgehead atoms. The Bertz CT molecular complexity index is 1110. The van der Waals surface area contributed by atoms with Crippen molar-refractivity contribution in [2.45, 2.75) is 24.0 Å². The lowest BCUT2D eigenvalue weighted by Crippen LogP contribution is -2.22. The Morgan fingerprint density at radius 2 is 1.72 bits per heavy atom. The highest BCUT2D eigenvalue weighted by Crippen LogP contribution is 2.30. The van der Waals surface area contributed by atoms with Gasteiger partial charge in [-0.3, -0.25) is 4.79 Å². The Morgan fingerprint density at radius 1 is 1.00 bits per heavy atom. The molecule has 0 saturated carbocycles. The van der Waals surface area contributed by atoms with Crippen LogP contribution in [0.25, 0.3) is 0 Å². The van der Waals surface area contributed by atoms with Crippen LogP contribution in [0.2, 0.25) is 5.02 Å². The van der Waals surface area contributed by atoms with Gasteiger partial charge in [0.2, 0.25) is 5.91 Å². The zero-order chi connectivity index (χ0) is 23.1. The maximum Gasteiger partial charge on any atom is 0.237 e. The summed E-state index contributed by atoms with van der Waals surface area (Å²) in [5.74, 6) is 0.409. The molecule has 0 aromatic heterocycles. The minimum absolute atomic E-state index is 0.148. The molecule has 1 unspecified atom stereocenters. The maximum absolute atomic E-state index is 12.7. The third-order valence-electron chi connectivity index (χ3n) is 4.50. The van der Waals surface area contributed by atoms with Crippen molar-refractivity contribution >= 4 is 63.7 Å². The molecule has 0 spiro atoms. The van der Waals surface area contributed by atoms with Crippen molar-refractivity contribution in [1.82, 2.24) is 0 Å². The highest BCUT2D eigenvalue weighted by Gasteiger charge is 2.17. The van der Waals surface area contributed by atoms with Gasteiger partial charge in [-0.1, -0.05) is 35.4 Å². The number of carbonyl (C=O) groups excluding carboxylic acids is 1. The quantitative estimate of drug-likeness (QED) is 0.259. The molecule has 0 radical (unpaired) electrons. The molecule has 1 atom stereocenters. The van der Waals surface area contributed by atoms with E-state index in [9.17, 15) is 4.79 Å². The largest absolute Gasteiger partial charge is 0.495 e. The standard InChI is InChI=1S/C24H24ClN3O2S2/c1-15-7-10-18(11-8-15)26-24(31)27-19-5-4-6-20(14-19)32-16(2)23(29)28-21-13-17(25)9-12-22(21)30-3/h4-14,16H,1-3H3,(H,28,29)(H2,26,27,31). The van der Waals surface area contributed by atoms with Crippen LogP contribution in [0.4, 0.5) is 17.1 Å². The van der Waals surface area contributed by atoms with E-state index in [1.807, 2.05) is 62.4 Å². The van der Waals surface area contributed by atoms with Gasteiger partial charge in [-0.05, 0) is 74.6 Å². The lowest BCUT2D eigenvalue weighted by Gasteiger charge is -2.15. The summed E-state index contributed by atoms with van der Waals surface area (Å²) in [6.45, 7) is 3.89. The lowest BCUT2D eigenvalue weighted by molar-refractivity contribution is -0.115. The van der Waals surface area contributed by atoms with Crippen molar-refractivity contribution in [2.75, 3.05) is 23.1 Å². The van der Waals surface area contributed by atoms with Crippen LogP contribution in [-0.4, -0.2) is 23.4 Å². The molecule has 3 N–H and O–H groups in total. The molecule has 3 aromatic rings. The van der Waals surface area contributed by atoms with Crippen molar-refractivity contribution in [3.8, 4) is 5.75 Å². The molecule has 0 saturated heterocycles. The van der Waals surface area contributed by atoms with E-state index in [-0.39, 0.29) is 11.2 Å². The van der Waals surface area contributed by atoms with Crippen LogP contribution in [-0.2, 0) is 4.79 Å². The van der Waals surface area contributed by atoms with Gasteiger partial charge in [0.1, 0.15) is 5.75 Å². The Labute approximate surface area is 202 Å². The van der Waals surface area contributed by atoms with Crippen LogP contribution in [0.5, 0.6) is 5.75 Å². The number of hydrogen-bond acceptors (Lipinski definition) is 4. The third-order valence-corrected chi connectivity index (χ3v) is 6.04. The molecule has 8 heteroatoms. The van der Waals surface area contributed by atoms with Crippen molar-refractivity contribution in [2.24, 2.45) is 0 Å². The molecule has 166 valence electrons. The second kappa shape index (κ2) is 11.2. The van der Waals surface area contributed by atoms with Gasteiger partial charge in [0, 0.05) is 21.3 Å². The van der Waals surface area contributed by atoms with Gasteiger partial charge < -0.3 is 20.7 Å². The van der Waals surface area contributed by atoms with E-state index in [4.69, 9.17) is 28.6 Å². The molecule has 0 aliphatic carbocycles. The number of halogens is 1. The molecule has 3 aromatic carbocycles. The summed E-state index contributed by atoms with van der Waals surface area (Å²) in [5.41, 5.74) is 3.48. The van der Waals surface area contributed by atoms with Gasteiger partial charge in [0.05, 0.1) is 18.0 Å². The predicted molar refractivity (Wildman–Crippen MR) is 139 cm³/mol. The average Bonchev–Trinajstić information content (AvgIpc) is 2.75. The fourth-order valence-electron chi connectivity index (χ4n) is 2.85. The van der Waals surface area contributed by atoms with Crippen molar-refractivity contribution in [1.29, 1.82) is 0 Å². The topological polar surface area (TPSA) is 62.4 Å². The number of amides is 1. The lowest BCUT2D eigenvalue weighted by atomic mass is 10.2. The molecule has 32 heavy (non-hydrogen) atoms. The number of nitrogens with one attached hydrogen (secondary N) is 3. The fourth-order valence-corrected chi connectivity index (χ4v) is 4.18. The van der Waals surface area contributed by atoms with Crippen LogP contribution in [0.15, 0.2) is 71.6 Å². The minimum atomic E-state index is -0.341. The van der Waals surface area contributed by atoms with Crippen LogP contribution in [0, 0.1) is 6.92 Å². The monoisotopic (exact) mass is 485 g/mol. The van der Waals surface area contributed by atoms with Gasteiger partial charge in [-0.2, -0.15) is 0 Å². The minimum Gasteiger partial charge on any atom is -0.495 e. The molecule has 0 aliphatic rings. The van der Waals surface area contributed by atoms with E-state index in [1.54, 1.807) is 25.3 Å². The van der Waals surface area contributed by atoms with Crippen molar-refractivity contribution in [3.05, 3.63) is 77.3 Å². The zero-order valence-corrected chi connectivity index (χ0v) is 20.3. The second-order valence-electron chi connectivity index (χ2n) is 7.07. The number of carbonyl (C=O) groups is 1. The summed E-state index contributed by atoms with van der Waals surface area (Å²) in [5, 5.41) is 9.91. The first-order chi connectivity index (χ1) is 15.3. The first kappa shape index (κ1) is 23.9. The Hall–Kier alpha value is -2.74. The number of benzene rings is 3. The smallest absolute Gasteiger partial charge is 0.237 e. The Balaban J connectivity index is 1.60. The Kier molecular flexibility index (Phi) is 8.39. The van der Waals surface area contributed by atoms with Gasteiger partial charge in [0.15, 0.2) is 5.11 Å². The highest BCUT2D eigenvalue weighted by molar-refractivity contribution is 8.00. The van der Waals surface area contributed by atoms with E-state index >= 15 is 0 Å². The molecule has 0 fully saturated rings. The number of aryl methyl sites for hydroxylation is 1.